The highest BCUT2D eigenvalue weighted by Crippen LogP contribution is 2.20. The molecule has 0 saturated carbocycles. The van der Waals surface area contributed by atoms with Crippen molar-refractivity contribution in [1.29, 1.82) is 0 Å². The van der Waals surface area contributed by atoms with Crippen LogP contribution in [0.4, 0.5) is 11.4 Å². The largest absolute Gasteiger partial charge is 0.399 e. The smallest absolute Gasteiger partial charge is 0.224 e. The van der Waals surface area contributed by atoms with Crippen molar-refractivity contribution in [3.05, 3.63) is 40.1 Å². The van der Waals surface area contributed by atoms with Crippen LogP contribution in [0.2, 0.25) is 0 Å². The van der Waals surface area contributed by atoms with E-state index in [1.165, 1.54) is 0 Å². The molecule has 0 spiro atoms. The van der Waals surface area contributed by atoms with E-state index in [1.807, 2.05) is 18.5 Å². The number of nitrogens with two attached hydrogens (primary N) is 1. The lowest BCUT2D eigenvalue weighted by atomic mass is 10.2. The number of halogens is 1. The van der Waals surface area contributed by atoms with Crippen molar-refractivity contribution in [2.24, 2.45) is 0 Å². The highest BCUT2D eigenvalue weighted by atomic mass is 79.9. The minimum atomic E-state index is 0.000341. The summed E-state index contributed by atoms with van der Waals surface area (Å²) in [6.45, 7) is 4.70. The molecule has 0 bridgehead atoms. The molecule has 5 nitrogen and oxygen atoms in total. The van der Waals surface area contributed by atoms with Crippen LogP contribution in [0.5, 0.6) is 0 Å². The predicted octanol–water partition coefficient (Wildman–Crippen LogP) is 3.26. The maximum absolute atomic E-state index is 11.9. The maximum atomic E-state index is 11.9. The molecule has 1 amide bonds. The maximum Gasteiger partial charge on any atom is 0.224 e. The average molecular weight is 351 g/mol. The lowest BCUT2D eigenvalue weighted by molar-refractivity contribution is -0.116. The van der Waals surface area contributed by atoms with Crippen LogP contribution in [-0.4, -0.2) is 15.7 Å². The number of anilines is 2. The summed E-state index contributed by atoms with van der Waals surface area (Å²) in [5.74, 6) is 0.000341. The number of benzene rings is 1. The lowest BCUT2D eigenvalue weighted by Crippen LogP contribution is -2.13. The third-order valence-electron chi connectivity index (χ3n) is 3.26. The van der Waals surface area contributed by atoms with Gasteiger partial charge in [-0.3, -0.25) is 9.48 Å². The zero-order chi connectivity index (χ0) is 15.4. The Kier molecular flexibility index (Phi) is 5.01. The number of aryl methyl sites for hydroxylation is 2. The van der Waals surface area contributed by atoms with Crippen molar-refractivity contribution in [2.45, 2.75) is 33.2 Å². The van der Waals surface area contributed by atoms with Gasteiger partial charge in [0.15, 0.2) is 0 Å². The Morgan fingerprint density at radius 2 is 2.00 bits per heavy atom. The molecule has 2 rings (SSSR count). The summed E-state index contributed by atoms with van der Waals surface area (Å²) in [6, 6.07) is 7.13. The number of nitrogens with zero attached hydrogens (tertiary/aromatic N) is 2. The van der Waals surface area contributed by atoms with Gasteiger partial charge in [0.2, 0.25) is 5.91 Å². The molecular weight excluding hydrogens is 332 g/mol. The molecular formula is C15H19BrN4O. The summed E-state index contributed by atoms with van der Waals surface area (Å²) >= 11 is 3.50. The molecule has 1 aromatic heterocycles. The molecule has 0 fully saturated rings. The average Bonchev–Trinajstić information content (AvgIpc) is 2.69. The number of hydrogen-bond acceptors (Lipinski definition) is 3. The van der Waals surface area contributed by atoms with Gasteiger partial charge in [-0.2, -0.15) is 5.10 Å². The van der Waals surface area contributed by atoms with Gasteiger partial charge < -0.3 is 11.1 Å². The Morgan fingerprint density at radius 3 is 2.57 bits per heavy atom. The molecule has 2 aromatic rings. The van der Waals surface area contributed by atoms with Crippen molar-refractivity contribution in [2.75, 3.05) is 11.1 Å². The Morgan fingerprint density at radius 1 is 1.33 bits per heavy atom. The molecule has 0 saturated heterocycles. The van der Waals surface area contributed by atoms with Crippen LogP contribution in [0, 0.1) is 13.8 Å². The van der Waals surface area contributed by atoms with Crippen LogP contribution in [0.15, 0.2) is 28.7 Å². The number of carbonyl (C=O) groups is 1. The molecule has 0 unspecified atom stereocenters. The minimum absolute atomic E-state index is 0.000341. The zero-order valence-electron chi connectivity index (χ0n) is 12.2. The van der Waals surface area contributed by atoms with E-state index in [0.717, 1.165) is 34.5 Å². The van der Waals surface area contributed by atoms with E-state index in [2.05, 4.69) is 26.3 Å². The predicted molar refractivity (Wildman–Crippen MR) is 88.1 cm³/mol. The Hall–Kier alpha value is -1.82. The highest BCUT2D eigenvalue weighted by molar-refractivity contribution is 9.10. The lowest BCUT2D eigenvalue weighted by Gasteiger charge is -2.06. The zero-order valence-corrected chi connectivity index (χ0v) is 13.8. The van der Waals surface area contributed by atoms with Gasteiger partial charge in [0.25, 0.3) is 0 Å². The number of aromatic nitrogens is 2. The Balaban J connectivity index is 1.81. The van der Waals surface area contributed by atoms with Crippen molar-refractivity contribution >= 4 is 33.2 Å². The number of amides is 1. The molecule has 3 N–H and O–H groups in total. The second-order valence-corrected chi connectivity index (χ2v) is 5.77. The van der Waals surface area contributed by atoms with Crippen LogP contribution in [0.1, 0.15) is 24.2 Å². The number of hydrogen-bond donors (Lipinski definition) is 2. The van der Waals surface area contributed by atoms with E-state index in [-0.39, 0.29) is 5.91 Å². The third kappa shape index (κ3) is 4.07. The van der Waals surface area contributed by atoms with E-state index in [9.17, 15) is 4.79 Å². The quantitative estimate of drug-likeness (QED) is 0.812. The van der Waals surface area contributed by atoms with Crippen LogP contribution in [0.25, 0.3) is 0 Å². The number of carbonyl (C=O) groups excluding carboxylic acids is 1. The van der Waals surface area contributed by atoms with Crippen LogP contribution in [0.3, 0.4) is 0 Å². The fourth-order valence-corrected chi connectivity index (χ4v) is 2.36. The second kappa shape index (κ2) is 6.76. The van der Waals surface area contributed by atoms with E-state index in [1.54, 1.807) is 24.3 Å². The highest BCUT2D eigenvalue weighted by Gasteiger charge is 2.09. The van der Waals surface area contributed by atoms with Gasteiger partial charge in [-0.15, -0.1) is 0 Å². The van der Waals surface area contributed by atoms with Gasteiger partial charge in [0.1, 0.15) is 0 Å². The van der Waals surface area contributed by atoms with Crippen molar-refractivity contribution in [3.8, 4) is 0 Å². The first-order chi connectivity index (χ1) is 9.97. The fourth-order valence-electron chi connectivity index (χ4n) is 2.07. The van der Waals surface area contributed by atoms with E-state index in [4.69, 9.17) is 5.73 Å². The van der Waals surface area contributed by atoms with Crippen LogP contribution >= 0.6 is 15.9 Å². The Bertz CT molecular complexity index is 634. The summed E-state index contributed by atoms with van der Waals surface area (Å²) in [4.78, 5) is 11.9. The molecule has 0 atom stereocenters. The molecule has 0 radical (unpaired) electrons. The first kappa shape index (κ1) is 15.6. The molecule has 0 aliphatic rings. The van der Waals surface area contributed by atoms with E-state index >= 15 is 0 Å². The van der Waals surface area contributed by atoms with E-state index < -0.39 is 0 Å². The van der Waals surface area contributed by atoms with Crippen molar-refractivity contribution in [1.82, 2.24) is 9.78 Å². The first-order valence-corrected chi connectivity index (χ1v) is 7.61. The van der Waals surface area contributed by atoms with Gasteiger partial charge in [0.05, 0.1) is 10.2 Å². The van der Waals surface area contributed by atoms with Gasteiger partial charge in [-0.05, 0) is 60.5 Å². The number of rotatable bonds is 5. The van der Waals surface area contributed by atoms with Gasteiger partial charge in [-0.1, -0.05) is 0 Å². The van der Waals surface area contributed by atoms with Gasteiger partial charge in [-0.25, -0.2) is 0 Å². The third-order valence-corrected chi connectivity index (χ3v) is 4.41. The molecule has 21 heavy (non-hydrogen) atoms. The molecule has 6 heteroatoms. The molecule has 1 aromatic carbocycles. The number of nitrogen functional groups attached to an aromatic ring is 1. The summed E-state index contributed by atoms with van der Waals surface area (Å²) in [7, 11) is 0. The molecule has 1 heterocycles. The monoisotopic (exact) mass is 350 g/mol. The summed E-state index contributed by atoms with van der Waals surface area (Å²) < 4.78 is 2.96. The molecule has 112 valence electrons. The minimum Gasteiger partial charge on any atom is -0.399 e. The van der Waals surface area contributed by atoms with Gasteiger partial charge >= 0.3 is 0 Å². The first-order valence-electron chi connectivity index (χ1n) is 6.82. The van der Waals surface area contributed by atoms with Crippen molar-refractivity contribution in [3.63, 3.8) is 0 Å². The topological polar surface area (TPSA) is 72.9 Å². The van der Waals surface area contributed by atoms with Crippen molar-refractivity contribution < 1.29 is 4.79 Å². The normalized spacial score (nSPS) is 10.6. The second-order valence-electron chi connectivity index (χ2n) is 4.98. The van der Waals surface area contributed by atoms with E-state index in [0.29, 0.717) is 12.1 Å². The fraction of sp³-hybridized carbons (Fsp3) is 0.333. The standard InChI is InChI=1S/C15H19BrN4O/c1-10-15(16)11(2)20(19-10)9-3-4-14(21)18-13-7-5-12(17)6-8-13/h5-8H,3-4,9,17H2,1-2H3,(H,18,21). The van der Waals surface area contributed by atoms with Crippen LogP contribution < -0.4 is 11.1 Å². The SMILES string of the molecule is Cc1nn(CCCC(=O)Nc2ccc(N)cc2)c(C)c1Br. The summed E-state index contributed by atoms with van der Waals surface area (Å²) in [5, 5.41) is 7.28. The Labute approximate surface area is 132 Å². The summed E-state index contributed by atoms with van der Waals surface area (Å²) in [5.41, 5.74) is 9.11. The number of nitrogens with one attached hydrogen (secondary N) is 1. The van der Waals surface area contributed by atoms with Gasteiger partial charge in [0, 0.05) is 30.0 Å². The summed E-state index contributed by atoms with van der Waals surface area (Å²) in [6.07, 6.45) is 1.20. The molecule has 0 aliphatic carbocycles. The van der Waals surface area contributed by atoms with Crippen LogP contribution in [-0.2, 0) is 11.3 Å². The molecule has 0 aliphatic heterocycles.